The van der Waals surface area contributed by atoms with Gasteiger partial charge in [0.15, 0.2) is 0 Å². The highest BCUT2D eigenvalue weighted by atomic mass is 35.5. The number of carbonyl (C=O) groups is 1. The van der Waals surface area contributed by atoms with E-state index >= 15 is 0 Å². The van der Waals surface area contributed by atoms with E-state index in [0.29, 0.717) is 25.8 Å². The van der Waals surface area contributed by atoms with Crippen molar-refractivity contribution in [1.29, 1.82) is 0 Å². The van der Waals surface area contributed by atoms with Crippen molar-refractivity contribution in [3.63, 3.8) is 0 Å². The lowest BCUT2D eigenvalue weighted by Gasteiger charge is -2.41. The van der Waals surface area contributed by atoms with Gasteiger partial charge in [0.2, 0.25) is 0 Å². The molecule has 0 aromatic heterocycles. The van der Waals surface area contributed by atoms with Gasteiger partial charge in [-0.15, -0.1) is 0 Å². The highest BCUT2D eigenvalue weighted by Gasteiger charge is 2.56. The molecule has 1 saturated carbocycles. The molecule has 1 unspecified atom stereocenters. The molecule has 1 spiro atoms. The van der Waals surface area contributed by atoms with Crippen molar-refractivity contribution in [1.82, 2.24) is 0 Å². The summed E-state index contributed by atoms with van der Waals surface area (Å²) in [5, 5.41) is 2.35. The first-order valence-electron chi connectivity index (χ1n) is 10.5. The molecule has 3 aliphatic rings. The Morgan fingerprint density at radius 3 is 2.26 bits per heavy atom. The van der Waals surface area contributed by atoms with Gasteiger partial charge in [-0.25, -0.2) is 0 Å². The van der Waals surface area contributed by atoms with Crippen molar-refractivity contribution in [2.45, 2.75) is 44.4 Å². The van der Waals surface area contributed by atoms with E-state index < -0.39 is 5.41 Å². The molecule has 1 heterocycles. The Kier molecular flexibility index (Phi) is 5.63. The lowest BCUT2D eigenvalue weighted by atomic mass is 9.66. The Hall–Kier alpha value is -1.45. The minimum absolute atomic E-state index is 0.0948. The molecule has 0 saturated heterocycles. The van der Waals surface area contributed by atoms with Crippen LogP contribution in [0.25, 0.3) is 6.08 Å². The van der Waals surface area contributed by atoms with Crippen LogP contribution in [0.1, 0.15) is 55.6 Å². The summed E-state index contributed by atoms with van der Waals surface area (Å²) in [5.41, 5.74) is 3.40. The van der Waals surface area contributed by atoms with Gasteiger partial charge in [0.1, 0.15) is 5.76 Å². The number of halogens is 4. The van der Waals surface area contributed by atoms with Crippen LogP contribution in [-0.2, 0) is 9.53 Å². The van der Waals surface area contributed by atoms with Crippen molar-refractivity contribution < 1.29 is 9.53 Å². The number of benzene rings is 2. The maximum Gasteiger partial charge on any atom is 0.318 e. The summed E-state index contributed by atoms with van der Waals surface area (Å²) < 4.78 is 6.05. The number of rotatable bonds is 2. The minimum atomic E-state index is -0.552. The van der Waals surface area contributed by atoms with E-state index in [-0.39, 0.29) is 11.9 Å². The molecule has 5 rings (SSSR count). The molecular weight excluding hydrogens is 474 g/mol. The van der Waals surface area contributed by atoms with Gasteiger partial charge >= 0.3 is 5.97 Å². The average Bonchev–Trinajstić information content (AvgIpc) is 3.35. The van der Waals surface area contributed by atoms with Crippen molar-refractivity contribution in [3.8, 4) is 0 Å². The number of hydrogen-bond acceptors (Lipinski definition) is 2. The monoisotopic (exact) mass is 492 g/mol. The van der Waals surface area contributed by atoms with Gasteiger partial charge < -0.3 is 4.74 Å². The van der Waals surface area contributed by atoms with Gasteiger partial charge in [-0.1, -0.05) is 71.4 Å². The molecule has 0 N–H and O–H groups in total. The number of ether oxygens (including phenoxy) is 1. The lowest BCUT2D eigenvalue weighted by Crippen LogP contribution is -2.40. The number of allylic oxidation sites excluding steroid dienone is 2. The van der Waals surface area contributed by atoms with Crippen molar-refractivity contribution in [2.24, 2.45) is 5.41 Å². The molecule has 1 atom stereocenters. The van der Waals surface area contributed by atoms with Gasteiger partial charge in [0, 0.05) is 26.0 Å². The summed E-state index contributed by atoms with van der Waals surface area (Å²) >= 11 is 25.3. The highest BCUT2D eigenvalue weighted by Crippen LogP contribution is 2.60. The van der Waals surface area contributed by atoms with E-state index in [9.17, 15) is 4.79 Å². The molecule has 6 heteroatoms. The van der Waals surface area contributed by atoms with E-state index in [1.54, 1.807) is 18.2 Å². The van der Waals surface area contributed by atoms with Gasteiger partial charge in [-0.3, -0.25) is 4.79 Å². The van der Waals surface area contributed by atoms with Crippen LogP contribution in [0.2, 0.25) is 20.1 Å². The van der Waals surface area contributed by atoms with E-state index in [1.807, 2.05) is 24.3 Å². The molecule has 0 radical (unpaired) electrons. The fourth-order valence-electron chi connectivity index (χ4n) is 5.42. The third-order valence-corrected chi connectivity index (χ3v) is 7.94. The SMILES string of the molecule is O=C1OC2=C(CC/C2=C\c2ccc(Cl)cc2Cl)C(c2ccc(Cl)cc2Cl)C12CCCC2. The molecule has 160 valence electrons. The first-order chi connectivity index (χ1) is 14.9. The first-order valence-corrected chi connectivity index (χ1v) is 12.0. The van der Waals surface area contributed by atoms with Crippen LogP contribution < -0.4 is 0 Å². The molecule has 31 heavy (non-hydrogen) atoms. The van der Waals surface area contributed by atoms with Crippen LogP contribution >= 0.6 is 46.4 Å². The smallest absolute Gasteiger partial charge is 0.318 e. The molecule has 2 aromatic rings. The third-order valence-electron chi connectivity index (χ3n) is 6.81. The zero-order chi connectivity index (χ0) is 21.8. The lowest BCUT2D eigenvalue weighted by molar-refractivity contribution is -0.154. The Bertz CT molecular complexity index is 1140. The zero-order valence-corrected chi connectivity index (χ0v) is 19.7. The highest BCUT2D eigenvalue weighted by molar-refractivity contribution is 6.36. The topological polar surface area (TPSA) is 26.3 Å². The van der Waals surface area contributed by atoms with Crippen LogP contribution in [0.5, 0.6) is 0 Å². The second kappa shape index (κ2) is 8.15. The Balaban J connectivity index is 1.66. The van der Waals surface area contributed by atoms with E-state index in [2.05, 4.69) is 0 Å². The van der Waals surface area contributed by atoms with Gasteiger partial charge in [0.25, 0.3) is 0 Å². The van der Waals surface area contributed by atoms with Crippen LogP contribution in [0.4, 0.5) is 0 Å². The predicted molar refractivity (Wildman–Crippen MR) is 127 cm³/mol. The zero-order valence-electron chi connectivity index (χ0n) is 16.7. The summed E-state index contributed by atoms with van der Waals surface area (Å²) in [6.07, 6.45) is 7.27. The van der Waals surface area contributed by atoms with E-state index in [0.717, 1.165) is 60.8 Å². The van der Waals surface area contributed by atoms with Gasteiger partial charge in [-0.05, 0) is 78.3 Å². The number of esters is 1. The Morgan fingerprint density at radius 1 is 0.903 bits per heavy atom. The standard InChI is InChI=1S/C25H20Cl4O2/c26-16-5-3-14(20(28)12-16)11-15-4-7-19-22(18-8-6-17(27)13-21(18)29)25(9-1-2-10-25)24(30)31-23(15)19/h3,5-6,8,11-13,22H,1-2,4,7,9-10H2/b15-11+. The second-order valence-electron chi connectivity index (χ2n) is 8.54. The average molecular weight is 494 g/mol. The molecule has 2 aliphatic carbocycles. The Morgan fingerprint density at radius 2 is 1.58 bits per heavy atom. The summed E-state index contributed by atoms with van der Waals surface area (Å²) in [6, 6.07) is 11.0. The number of carbonyl (C=O) groups excluding carboxylic acids is 1. The summed E-state index contributed by atoms with van der Waals surface area (Å²) in [5.74, 6) is 0.446. The van der Waals surface area contributed by atoms with E-state index in [4.69, 9.17) is 51.1 Å². The van der Waals surface area contributed by atoms with Gasteiger partial charge in [0.05, 0.1) is 5.41 Å². The molecular formula is C25H20Cl4O2. The molecule has 2 nitrogen and oxygen atoms in total. The molecule has 1 aliphatic heterocycles. The van der Waals surface area contributed by atoms with Crippen LogP contribution in [0, 0.1) is 5.41 Å². The Labute approximate surface area is 201 Å². The molecule has 0 amide bonds. The maximum absolute atomic E-state index is 13.4. The van der Waals surface area contributed by atoms with Crippen molar-refractivity contribution >= 4 is 58.4 Å². The normalized spacial score (nSPS) is 23.5. The quantitative estimate of drug-likeness (QED) is 0.391. The van der Waals surface area contributed by atoms with Crippen LogP contribution in [-0.4, -0.2) is 5.97 Å². The maximum atomic E-state index is 13.4. The minimum Gasteiger partial charge on any atom is -0.426 e. The fraction of sp³-hybridized carbons (Fsp3) is 0.320. The van der Waals surface area contributed by atoms with Gasteiger partial charge in [-0.2, -0.15) is 0 Å². The summed E-state index contributed by atoms with van der Waals surface area (Å²) in [4.78, 5) is 13.4. The fourth-order valence-corrected chi connectivity index (χ4v) is 6.40. The first kappa shape index (κ1) is 21.4. The molecule has 2 aromatic carbocycles. The third kappa shape index (κ3) is 3.62. The summed E-state index contributed by atoms with van der Waals surface area (Å²) in [6.45, 7) is 0. The van der Waals surface area contributed by atoms with Crippen LogP contribution in [0.3, 0.4) is 0 Å². The predicted octanol–water partition coefficient (Wildman–Crippen LogP) is 8.63. The van der Waals surface area contributed by atoms with Crippen molar-refractivity contribution in [3.05, 3.63) is 84.5 Å². The number of hydrogen-bond donors (Lipinski definition) is 0. The molecule has 0 bridgehead atoms. The van der Waals surface area contributed by atoms with Crippen LogP contribution in [0.15, 0.2) is 53.3 Å². The van der Waals surface area contributed by atoms with Crippen molar-refractivity contribution in [2.75, 3.05) is 0 Å². The second-order valence-corrected chi connectivity index (χ2v) is 10.2. The summed E-state index contributed by atoms with van der Waals surface area (Å²) in [7, 11) is 0. The van der Waals surface area contributed by atoms with E-state index in [1.165, 1.54) is 0 Å². The largest absolute Gasteiger partial charge is 0.426 e. The molecule has 1 fully saturated rings.